The van der Waals surface area contributed by atoms with Crippen molar-refractivity contribution in [2.24, 2.45) is 5.92 Å². The summed E-state index contributed by atoms with van der Waals surface area (Å²) in [5.74, 6) is 2.09. The zero-order valence-corrected chi connectivity index (χ0v) is 7.91. The Morgan fingerprint density at radius 3 is 2.69 bits per heavy atom. The van der Waals surface area contributed by atoms with Crippen molar-refractivity contribution < 1.29 is 9.59 Å². The number of likely N-dealkylation sites (tertiary alicyclic amines) is 1. The molecular formula is C10H13NO2. The van der Waals surface area contributed by atoms with Crippen LogP contribution in [0.3, 0.4) is 0 Å². The molecule has 2 atom stereocenters. The number of imide groups is 1. The fourth-order valence-electron chi connectivity index (χ4n) is 1.53. The van der Waals surface area contributed by atoms with Crippen molar-refractivity contribution in [3.8, 4) is 12.3 Å². The van der Waals surface area contributed by atoms with E-state index in [0.717, 1.165) is 0 Å². The first-order valence-corrected chi connectivity index (χ1v) is 4.37. The summed E-state index contributed by atoms with van der Waals surface area (Å²) in [6.07, 6.45) is 5.89. The van der Waals surface area contributed by atoms with Crippen molar-refractivity contribution in [2.75, 3.05) is 0 Å². The number of carbonyl (C=O) groups is 2. The third kappa shape index (κ3) is 1.72. The van der Waals surface area contributed by atoms with Crippen molar-refractivity contribution in [2.45, 2.75) is 32.7 Å². The van der Waals surface area contributed by atoms with Gasteiger partial charge < -0.3 is 0 Å². The second-order valence-corrected chi connectivity index (χ2v) is 3.46. The molecule has 1 aliphatic rings. The minimum atomic E-state index is -0.173. The zero-order valence-electron chi connectivity index (χ0n) is 7.91. The molecule has 0 N–H and O–H groups in total. The average molecular weight is 179 g/mol. The van der Waals surface area contributed by atoms with Gasteiger partial charge in [-0.2, -0.15) is 0 Å². The lowest BCUT2D eigenvalue weighted by molar-refractivity contribution is -0.141. The van der Waals surface area contributed by atoms with Crippen LogP contribution < -0.4 is 0 Å². The molecule has 0 aliphatic carbocycles. The minimum absolute atomic E-state index is 0.0900. The number of terminal acetylenes is 1. The van der Waals surface area contributed by atoms with E-state index in [2.05, 4.69) is 5.92 Å². The van der Waals surface area contributed by atoms with E-state index < -0.39 is 0 Å². The standard InChI is InChI=1S/C10H13NO2/c1-4-5-8(3)11-9(12)6-7(2)10(11)13/h1,7-8H,5-6H2,2-3H3. The van der Waals surface area contributed by atoms with E-state index in [1.807, 2.05) is 0 Å². The molecule has 1 saturated heterocycles. The lowest BCUT2D eigenvalue weighted by Crippen LogP contribution is -2.38. The molecule has 1 rings (SSSR count). The van der Waals surface area contributed by atoms with Crippen LogP contribution in [-0.4, -0.2) is 22.8 Å². The summed E-state index contributed by atoms with van der Waals surface area (Å²) in [5.41, 5.74) is 0. The number of carbonyl (C=O) groups excluding carboxylic acids is 2. The van der Waals surface area contributed by atoms with Crippen LogP contribution in [0.2, 0.25) is 0 Å². The molecule has 0 aromatic carbocycles. The lowest BCUT2D eigenvalue weighted by Gasteiger charge is -2.20. The molecule has 2 unspecified atom stereocenters. The highest BCUT2D eigenvalue weighted by Gasteiger charge is 2.37. The Labute approximate surface area is 78.1 Å². The smallest absolute Gasteiger partial charge is 0.232 e. The van der Waals surface area contributed by atoms with Crippen molar-refractivity contribution >= 4 is 11.8 Å². The molecule has 0 saturated carbocycles. The molecule has 70 valence electrons. The van der Waals surface area contributed by atoms with E-state index in [-0.39, 0.29) is 23.8 Å². The Morgan fingerprint density at radius 2 is 2.31 bits per heavy atom. The second kappa shape index (κ2) is 3.61. The summed E-state index contributed by atoms with van der Waals surface area (Å²) in [7, 11) is 0. The van der Waals surface area contributed by atoms with Gasteiger partial charge in [0.2, 0.25) is 11.8 Å². The number of hydrogen-bond donors (Lipinski definition) is 0. The van der Waals surface area contributed by atoms with E-state index in [9.17, 15) is 9.59 Å². The van der Waals surface area contributed by atoms with Crippen molar-refractivity contribution in [1.29, 1.82) is 0 Å². The maximum Gasteiger partial charge on any atom is 0.232 e. The molecule has 2 amide bonds. The van der Waals surface area contributed by atoms with Crippen LogP contribution >= 0.6 is 0 Å². The number of rotatable bonds is 2. The van der Waals surface area contributed by atoms with Gasteiger partial charge in [0.05, 0.1) is 0 Å². The summed E-state index contributed by atoms with van der Waals surface area (Å²) in [6, 6.07) is -0.157. The van der Waals surface area contributed by atoms with Gasteiger partial charge in [0, 0.05) is 24.8 Å². The molecule has 0 aromatic heterocycles. The van der Waals surface area contributed by atoms with Crippen LogP contribution in [0, 0.1) is 18.3 Å². The first-order valence-electron chi connectivity index (χ1n) is 4.37. The average Bonchev–Trinajstić information content (AvgIpc) is 2.27. The quantitative estimate of drug-likeness (QED) is 0.464. The molecule has 13 heavy (non-hydrogen) atoms. The van der Waals surface area contributed by atoms with E-state index >= 15 is 0 Å². The van der Waals surface area contributed by atoms with Crippen LogP contribution in [0.15, 0.2) is 0 Å². The van der Waals surface area contributed by atoms with Gasteiger partial charge in [-0.05, 0) is 6.92 Å². The molecule has 1 heterocycles. The van der Waals surface area contributed by atoms with Gasteiger partial charge in [-0.25, -0.2) is 0 Å². The molecule has 3 nitrogen and oxygen atoms in total. The van der Waals surface area contributed by atoms with Crippen LogP contribution in [-0.2, 0) is 9.59 Å². The Kier molecular flexibility index (Phi) is 2.72. The SMILES string of the molecule is C#CCC(C)N1C(=O)CC(C)C1=O. The predicted molar refractivity (Wildman–Crippen MR) is 48.5 cm³/mol. The van der Waals surface area contributed by atoms with Gasteiger partial charge in [-0.3, -0.25) is 14.5 Å². The summed E-state index contributed by atoms with van der Waals surface area (Å²) in [4.78, 5) is 24.1. The first-order chi connectivity index (χ1) is 6.07. The van der Waals surface area contributed by atoms with E-state index in [1.54, 1.807) is 13.8 Å². The van der Waals surface area contributed by atoms with Gasteiger partial charge in [0.15, 0.2) is 0 Å². The van der Waals surface area contributed by atoms with Crippen molar-refractivity contribution in [3.05, 3.63) is 0 Å². The molecular weight excluding hydrogens is 166 g/mol. The zero-order chi connectivity index (χ0) is 10.0. The molecule has 1 fully saturated rings. The summed E-state index contributed by atoms with van der Waals surface area (Å²) in [6.45, 7) is 3.57. The van der Waals surface area contributed by atoms with Gasteiger partial charge in [0.1, 0.15) is 0 Å². The monoisotopic (exact) mass is 179 g/mol. The largest absolute Gasteiger partial charge is 0.279 e. The topological polar surface area (TPSA) is 37.4 Å². The van der Waals surface area contributed by atoms with Crippen LogP contribution in [0.4, 0.5) is 0 Å². The van der Waals surface area contributed by atoms with Gasteiger partial charge in [-0.1, -0.05) is 6.92 Å². The molecule has 0 spiro atoms. The minimum Gasteiger partial charge on any atom is -0.279 e. The van der Waals surface area contributed by atoms with E-state index in [1.165, 1.54) is 4.90 Å². The van der Waals surface area contributed by atoms with Crippen LogP contribution in [0.5, 0.6) is 0 Å². The molecule has 1 aliphatic heterocycles. The fourth-order valence-corrected chi connectivity index (χ4v) is 1.53. The van der Waals surface area contributed by atoms with Gasteiger partial charge in [-0.15, -0.1) is 12.3 Å². The van der Waals surface area contributed by atoms with Crippen LogP contribution in [0.1, 0.15) is 26.7 Å². The molecule has 0 bridgehead atoms. The Hall–Kier alpha value is -1.30. The van der Waals surface area contributed by atoms with Gasteiger partial charge >= 0.3 is 0 Å². The third-order valence-electron chi connectivity index (χ3n) is 2.26. The molecule has 0 radical (unpaired) electrons. The van der Waals surface area contributed by atoms with E-state index in [4.69, 9.17) is 6.42 Å². The summed E-state index contributed by atoms with van der Waals surface area (Å²) in [5, 5.41) is 0. The second-order valence-electron chi connectivity index (χ2n) is 3.46. The lowest BCUT2D eigenvalue weighted by atomic mass is 10.1. The Balaban J connectivity index is 2.75. The Bertz CT molecular complexity index is 277. The fraction of sp³-hybridized carbons (Fsp3) is 0.600. The predicted octanol–water partition coefficient (Wildman–Crippen LogP) is 0.793. The highest BCUT2D eigenvalue weighted by Crippen LogP contribution is 2.21. The van der Waals surface area contributed by atoms with Gasteiger partial charge in [0.25, 0.3) is 0 Å². The number of hydrogen-bond acceptors (Lipinski definition) is 2. The maximum atomic E-state index is 11.5. The first kappa shape index (κ1) is 9.79. The number of amides is 2. The highest BCUT2D eigenvalue weighted by atomic mass is 16.2. The van der Waals surface area contributed by atoms with Crippen LogP contribution in [0.25, 0.3) is 0 Å². The normalized spacial score (nSPS) is 24.7. The third-order valence-corrected chi connectivity index (χ3v) is 2.26. The van der Waals surface area contributed by atoms with Crippen molar-refractivity contribution in [1.82, 2.24) is 4.90 Å². The summed E-state index contributed by atoms with van der Waals surface area (Å²) >= 11 is 0. The van der Waals surface area contributed by atoms with E-state index in [0.29, 0.717) is 12.8 Å². The summed E-state index contributed by atoms with van der Waals surface area (Å²) < 4.78 is 0. The molecule has 0 aromatic rings. The Morgan fingerprint density at radius 1 is 1.69 bits per heavy atom. The maximum absolute atomic E-state index is 11.5. The number of nitrogens with zero attached hydrogens (tertiary/aromatic N) is 1. The highest BCUT2D eigenvalue weighted by molar-refractivity contribution is 6.03. The molecule has 3 heteroatoms. The van der Waals surface area contributed by atoms with Crippen molar-refractivity contribution in [3.63, 3.8) is 0 Å².